The Morgan fingerprint density at radius 2 is 2.15 bits per heavy atom. The van der Waals surface area contributed by atoms with Crippen LogP contribution in [0.15, 0.2) is 12.1 Å². The summed E-state index contributed by atoms with van der Waals surface area (Å²) in [4.78, 5) is 10.8. The zero-order valence-corrected chi connectivity index (χ0v) is 7.79. The third-order valence-corrected chi connectivity index (χ3v) is 2.15. The lowest BCUT2D eigenvalue weighted by atomic mass is 10.0. The highest BCUT2D eigenvalue weighted by Gasteiger charge is 2.10. The Kier molecular flexibility index (Phi) is 2.56. The van der Waals surface area contributed by atoms with Crippen molar-refractivity contribution in [3.63, 3.8) is 0 Å². The van der Waals surface area contributed by atoms with Crippen LogP contribution in [0, 0.1) is 6.92 Å². The number of rotatable bonds is 2. The maximum atomic E-state index is 10.8. The summed E-state index contributed by atoms with van der Waals surface area (Å²) in [5, 5.41) is 8.85. The smallest absolute Gasteiger partial charge is 0.336 e. The van der Waals surface area contributed by atoms with Crippen molar-refractivity contribution >= 4 is 11.7 Å². The number of hydrogen-bond acceptors (Lipinski definition) is 2. The lowest BCUT2D eigenvalue weighted by Gasteiger charge is -2.07. The summed E-state index contributed by atoms with van der Waals surface area (Å²) in [5.74, 6) is -0.917. The van der Waals surface area contributed by atoms with Gasteiger partial charge in [-0.1, -0.05) is 6.92 Å². The molecule has 3 nitrogen and oxygen atoms in total. The van der Waals surface area contributed by atoms with Gasteiger partial charge in [0, 0.05) is 5.69 Å². The van der Waals surface area contributed by atoms with Gasteiger partial charge < -0.3 is 10.8 Å². The van der Waals surface area contributed by atoms with E-state index in [-0.39, 0.29) is 0 Å². The summed E-state index contributed by atoms with van der Waals surface area (Å²) in [6.07, 6.45) is 0.796. The maximum absolute atomic E-state index is 10.8. The van der Waals surface area contributed by atoms with Gasteiger partial charge in [-0.2, -0.15) is 0 Å². The Hall–Kier alpha value is -1.51. The normalized spacial score (nSPS) is 10.0. The van der Waals surface area contributed by atoms with E-state index in [9.17, 15) is 4.79 Å². The van der Waals surface area contributed by atoms with Crippen LogP contribution in [0.2, 0.25) is 0 Å². The number of hydrogen-bond donors (Lipinski definition) is 2. The van der Waals surface area contributed by atoms with Crippen molar-refractivity contribution in [2.75, 3.05) is 5.73 Å². The van der Waals surface area contributed by atoms with E-state index in [0.29, 0.717) is 16.8 Å². The van der Waals surface area contributed by atoms with Gasteiger partial charge in [0.2, 0.25) is 0 Å². The Bertz CT molecular complexity index is 345. The summed E-state index contributed by atoms with van der Waals surface area (Å²) in [7, 11) is 0. The van der Waals surface area contributed by atoms with Crippen LogP contribution in [0.1, 0.15) is 28.4 Å². The fraction of sp³-hybridized carbons (Fsp3) is 0.300. The van der Waals surface area contributed by atoms with Crippen LogP contribution >= 0.6 is 0 Å². The predicted octanol–water partition coefficient (Wildman–Crippen LogP) is 1.84. The summed E-state index contributed by atoms with van der Waals surface area (Å²) >= 11 is 0. The first kappa shape index (κ1) is 9.58. The van der Waals surface area contributed by atoms with Crippen LogP contribution in [0.25, 0.3) is 0 Å². The van der Waals surface area contributed by atoms with E-state index in [0.717, 1.165) is 12.0 Å². The molecule has 70 valence electrons. The van der Waals surface area contributed by atoms with Gasteiger partial charge in [-0.3, -0.25) is 0 Å². The fourth-order valence-electron chi connectivity index (χ4n) is 1.23. The highest BCUT2D eigenvalue weighted by molar-refractivity contribution is 5.91. The topological polar surface area (TPSA) is 63.3 Å². The van der Waals surface area contributed by atoms with Crippen LogP contribution in [0.4, 0.5) is 5.69 Å². The van der Waals surface area contributed by atoms with Gasteiger partial charge in [-0.15, -0.1) is 0 Å². The van der Waals surface area contributed by atoms with Gasteiger partial charge in [0.05, 0.1) is 5.56 Å². The first-order valence-electron chi connectivity index (χ1n) is 4.18. The Morgan fingerprint density at radius 1 is 1.54 bits per heavy atom. The largest absolute Gasteiger partial charge is 0.478 e. The number of aryl methyl sites for hydroxylation is 1. The second-order valence-corrected chi connectivity index (χ2v) is 3.02. The molecule has 1 rings (SSSR count). The molecule has 0 aliphatic rings. The molecule has 1 aromatic rings. The van der Waals surface area contributed by atoms with Crippen molar-refractivity contribution < 1.29 is 9.90 Å². The van der Waals surface area contributed by atoms with Crippen LogP contribution in [-0.2, 0) is 6.42 Å². The van der Waals surface area contributed by atoms with E-state index < -0.39 is 5.97 Å². The zero-order valence-electron chi connectivity index (χ0n) is 7.79. The molecule has 0 saturated heterocycles. The quantitative estimate of drug-likeness (QED) is 0.681. The molecule has 0 bridgehead atoms. The molecule has 0 unspecified atom stereocenters. The predicted molar refractivity (Wildman–Crippen MR) is 51.9 cm³/mol. The molecule has 3 heteroatoms. The lowest BCUT2D eigenvalue weighted by Crippen LogP contribution is -2.04. The summed E-state index contributed by atoms with van der Waals surface area (Å²) in [5.41, 5.74) is 8.13. The van der Waals surface area contributed by atoms with Gasteiger partial charge >= 0.3 is 5.97 Å². The number of nitrogen functional groups attached to an aromatic ring is 1. The van der Waals surface area contributed by atoms with Crippen molar-refractivity contribution in [3.05, 3.63) is 28.8 Å². The molecular formula is C10H13NO2. The molecule has 0 amide bonds. The molecule has 0 spiro atoms. The molecule has 0 heterocycles. The number of carboxylic acids is 1. The Balaban J connectivity index is 3.33. The maximum Gasteiger partial charge on any atom is 0.336 e. The average Bonchev–Trinajstić information content (AvgIpc) is 2.09. The Labute approximate surface area is 77.2 Å². The molecule has 3 N–H and O–H groups in total. The highest BCUT2D eigenvalue weighted by Crippen LogP contribution is 2.19. The van der Waals surface area contributed by atoms with Gasteiger partial charge in [-0.25, -0.2) is 4.79 Å². The van der Waals surface area contributed by atoms with Crippen molar-refractivity contribution in [3.8, 4) is 0 Å². The van der Waals surface area contributed by atoms with Gasteiger partial charge in [0.25, 0.3) is 0 Å². The van der Waals surface area contributed by atoms with Crippen LogP contribution in [-0.4, -0.2) is 11.1 Å². The van der Waals surface area contributed by atoms with E-state index in [1.54, 1.807) is 13.0 Å². The number of nitrogens with two attached hydrogens (primary N) is 1. The minimum atomic E-state index is -0.917. The number of anilines is 1. The molecule has 1 aromatic carbocycles. The minimum absolute atomic E-state index is 0.303. The van der Waals surface area contributed by atoms with Crippen molar-refractivity contribution in [1.29, 1.82) is 0 Å². The van der Waals surface area contributed by atoms with Crippen molar-refractivity contribution in [2.24, 2.45) is 0 Å². The first-order valence-corrected chi connectivity index (χ1v) is 4.18. The molecular weight excluding hydrogens is 166 g/mol. The van der Waals surface area contributed by atoms with Gasteiger partial charge in [0.1, 0.15) is 0 Å². The summed E-state index contributed by atoms with van der Waals surface area (Å²) in [6, 6.07) is 3.50. The Morgan fingerprint density at radius 3 is 2.62 bits per heavy atom. The van der Waals surface area contributed by atoms with Crippen molar-refractivity contribution in [2.45, 2.75) is 20.3 Å². The average molecular weight is 179 g/mol. The van der Waals surface area contributed by atoms with Crippen LogP contribution < -0.4 is 5.73 Å². The SMILES string of the molecule is CCc1cc(N)c(C)c(C(=O)O)c1. The fourth-order valence-corrected chi connectivity index (χ4v) is 1.23. The zero-order chi connectivity index (χ0) is 10.0. The molecule has 0 fully saturated rings. The molecule has 0 aromatic heterocycles. The van der Waals surface area contributed by atoms with E-state index in [1.165, 1.54) is 0 Å². The van der Waals surface area contributed by atoms with E-state index in [1.807, 2.05) is 13.0 Å². The number of aromatic carboxylic acids is 1. The molecule has 0 atom stereocenters. The van der Waals surface area contributed by atoms with Crippen molar-refractivity contribution in [1.82, 2.24) is 0 Å². The van der Waals surface area contributed by atoms with Gasteiger partial charge in [0.15, 0.2) is 0 Å². The third kappa shape index (κ3) is 1.80. The third-order valence-electron chi connectivity index (χ3n) is 2.15. The highest BCUT2D eigenvalue weighted by atomic mass is 16.4. The molecule has 0 saturated carbocycles. The minimum Gasteiger partial charge on any atom is -0.478 e. The van der Waals surface area contributed by atoms with Gasteiger partial charge in [-0.05, 0) is 36.6 Å². The number of benzene rings is 1. The van der Waals surface area contributed by atoms with Crippen LogP contribution in [0.5, 0.6) is 0 Å². The van der Waals surface area contributed by atoms with Crippen LogP contribution in [0.3, 0.4) is 0 Å². The lowest BCUT2D eigenvalue weighted by molar-refractivity contribution is 0.0696. The standard InChI is InChI=1S/C10H13NO2/c1-3-7-4-8(10(12)13)6(2)9(11)5-7/h4-5H,3,11H2,1-2H3,(H,12,13). The van der Waals surface area contributed by atoms with E-state index in [2.05, 4.69) is 0 Å². The number of carboxylic acid groups (broad SMARTS) is 1. The van der Waals surface area contributed by atoms with E-state index >= 15 is 0 Å². The van der Waals surface area contributed by atoms with E-state index in [4.69, 9.17) is 10.8 Å². The molecule has 0 aliphatic carbocycles. The monoisotopic (exact) mass is 179 g/mol. The molecule has 0 aliphatic heterocycles. The summed E-state index contributed by atoms with van der Waals surface area (Å²) < 4.78 is 0. The second kappa shape index (κ2) is 3.47. The number of carbonyl (C=O) groups is 1. The summed E-state index contributed by atoms with van der Waals surface area (Å²) in [6.45, 7) is 3.69. The second-order valence-electron chi connectivity index (χ2n) is 3.02. The molecule has 13 heavy (non-hydrogen) atoms. The first-order chi connectivity index (χ1) is 6.06. The molecule has 0 radical (unpaired) electrons.